The van der Waals surface area contributed by atoms with Crippen LogP contribution < -0.4 is 30.3 Å². The number of aliphatic carboxylic acids is 3. The van der Waals surface area contributed by atoms with Crippen molar-refractivity contribution in [3.8, 4) is 5.75 Å². The number of amides is 1. The molecule has 2 atom stereocenters. The van der Waals surface area contributed by atoms with Gasteiger partial charge in [0.15, 0.2) is 0 Å². The monoisotopic (exact) mass is 519 g/mol. The van der Waals surface area contributed by atoms with Gasteiger partial charge < -0.3 is 44.7 Å². The summed E-state index contributed by atoms with van der Waals surface area (Å²) in [7, 11) is 5.86. The Morgan fingerprint density at radius 1 is 1.09 bits per heavy atom. The number of fused-ring (bicyclic) bond motifs is 3. The number of rotatable bonds is 7. The Balaban J connectivity index is 0.000000364. The number of likely N-dealkylation sites (tertiary alicyclic amines) is 1. The van der Waals surface area contributed by atoms with Crippen LogP contribution in [0, 0.1) is 0 Å². The van der Waals surface area contributed by atoms with E-state index in [1.165, 1.54) is 11.3 Å². The first-order chi connectivity index (χ1) is 15.4. The summed E-state index contributed by atoms with van der Waals surface area (Å²) in [5.41, 5.74) is 2.60. The fourth-order valence-electron chi connectivity index (χ4n) is 4.49. The van der Waals surface area contributed by atoms with Crippen molar-refractivity contribution in [2.45, 2.75) is 24.9 Å². The molecule has 0 saturated carbocycles. The van der Waals surface area contributed by atoms with Gasteiger partial charge in [0.1, 0.15) is 5.75 Å². The molecular weight excluding hydrogens is 492 g/mol. The van der Waals surface area contributed by atoms with Gasteiger partial charge in [-0.3, -0.25) is 9.80 Å². The molecule has 1 N–H and O–H groups in total. The molecule has 2 heterocycles. The number of benzene rings is 1. The second kappa shape index (κ2) is 12.0. The molecule has 0 aliphatic carbocycles. The van der Waals surface area contributed by atoms with Crippen molar-refractivity contribution < 1.29 is 56.3 Å². The molecular formula is C21H27FeN4O8. The SMILES string of the molecule is CNC(=O)Oc1ccc2c(c1)[C@]1(C)CCN(C)[C@@H]1N2C.O=C([O-])CN(CC(=O)[O-])CC(=O)[O-].[Fe+3]. The van der Waals surface area contributed by atoms with Crippen LogP contribution in [0.4, 0.5) is 10.5 Å². The number of nitrogens with one attached hydrogen (secondary N) is 1. The number of carbonyl (C=O) groups is 4. The first-order valence-electron chi connectivity index (χ1n) is 10.2. The van der Waals surface area contributed by atoms with Gasteiger partial charge in [-0.1, -0.05) is 6.92 Å². The number of carbonyl (C=O) groups excluding carboxylic acids is 4. The summed E-state index contributed by atoms with van der Waals surface area (Å²) < 4.78 is 5.26. The number of likely N-dealkylation sites (N-methyl/N-ethyl adjacent to an activating group) is 2. The fourth-order valence-corrected chi connectivity index (χ4v) is 4.49. The third-order valence-corrected chi connectivity index (χ3v) is 5.77. The molecule has 1 saturated heterocycles. The molecule has 1 amide bonds. The molecule has 2 aliphatic heterocycles. The van der Waals surface area contributed by atoms with E-state index in [0.29, 0.717) is 16.8 Å². The van der Waals surface area contributed by atoms with Gasteiger partial charge in [-0.15, -0.1) is 0 Å². The summed E-state index contributed by atoms with van der Waals surface area (Å²) in [6.07, 6.45) is 1.07. The van der Waals surface area contributed by atoms with Crippen LogP contribution in [0.2, 0.25) is 0 Å². The molecule has 1 aromatic rings. The van der Waals surface area contributed by atoms with Gasteiger partial charge >= 0.3 is 23.2 Å². The quantitative estimate of drug-likeness (QED) is 0.352. The Kier molecular flexibility index (Phi) is 10.3. The van der Waals surface area contributed by atoms with Crippen molar-refractivity contribution in [2.24, 2.45) is 0 Å². The Morgan fingerprint density at radius 3 is 2.09 bits per heavy atom. The van der Waals surface area contributed by atoms with Gasteiger partial charge in [0.05, 0.1) is 24.1 Å². The zero-order chi connectivity index (χ0) is 24.9. The molecule has 187 valence electrons. The Morgan fingerprint density at radius 2 is 1.62 bits per heavy atom. The molecule has 0 spiro atoms. The predicted molar refractivity (Wildman–Crippen MR) is 110 cm³/mol. The molecule has 0 unspecified atom stereocenters. The molecule has 0 bridgehead atoms. The average molecular weight is 519 g/mol. The molecule has 12 nitrogen and oxygen atoms in total. The maximum absolute atomic E-state index is 11.4. The van der Waals surface area contributed by atoms with Crippen molar-refractivity contribution in [1.29, 1.82) is 0 Å². The molecule has 1 fully saturated rings. The topological polar surface area (TPSA) is 168 Å². The maximum atomic E-state index is 11.4. The number of hydrogen-bond donors (Lipinski definition) is 1. The second-order valence-electron chi connectivity index (χ2n) is 8.21. The third-order valence-electron chi connectivity index (χ3n) is 5.77. The summed E-state index contributed by atoms with van der Waals surface area (Å²) in [5.74, 6) is -4.10. The molecule has 3 rings (SSSR count). The van der Waals surface area contributed by atoms with Crippen LogP contribution in [0.5, 0.6) is 5.75 Å². The van der Waals surface area contributed by atoms with E-state index in [1.807, 2.05) is 18.2 Å². The van der Waals surface area contributed by atoms with Crippen LogP contribution in [-0.2, 0) is 36.9 Å². The Labute approximate surface area is 207 Å². The summed E-state index contributed by atoms with van der Waals surface area (Å²) in [5, 5.41) is 32.5. The molecule has 13 heteroatoms. The zero-order valence-electron chi connectivity index (χ0n) is 19.3. The van der Waals surface area contributed by atoms with E-state index in [0.717, 1.165) is 13.0 Å². The van der Waals surface area contributed by atoms with Crippen LogP contribution in [-0.4, -0.2) is 87.3 Å². The van der Waals surface area contributed by atoms with Gasteiger partial charge in [0, 0.05) is 51.4 Å². The van der Waals surface area contributed by atoms with E-state index < -0.39 is 43.6 Å². The molecule has 0 aromatic heterocycles. The Bertz CT molecular complexity index is 892. The number of carboxylic acid groups (broad SMARTS) is 3. The van der Waals surface area contributed by atoms with Crippen LogP contribution in [0.15, 0.2) is 18.2 Å². The van der Waals surface area contributed by atoms with E-state index in [1.54, 1.807) is 7.05 Å². The summed E-state index contributed by atoms with van der Waals surface area (Å²) >= 11 is 0. The van der Waals surface area contributed by atoms with E-state index in [2.05, 4.69) is 36.1 Å². The van der Waals surface area contributed by atoms with Gasteiger partial charge in [-0.05, 0) is 37.2 Å². The second-order valence-corrected chi connectivity index (χ2v) is 8.21. The van der Waals surface area contributed by atoms with Crippen LogP contribution >= 0.6 is 0 Å². The predicted octanol–water partition coefficient (Wildman–Crippen LogP) is -3.69. The van der Waals surface area contributed by atoms with Crippen molar-refractivity contribution in [2.75, 3.05) is 52.2 Å². The number of carboxylic acids is 3. The van der Waals surface area contributed by atoms with E-state index in [9.17, 15) is 34.5 Å². The summed E-state index contributed by atoms with van der Waals surface area (Å²) in [6.45, 7) is 1.02. The zero-order valence-corrected chi connectivity index (χ0v) is 20.4. The van der Waals surface area contributed by atoms with E-state index in [-0.39, 0.29) is 22.5 Å². The smallest absolute Gasteiger partial charge is 0.549 e. The molecule has 2 aliphatic rings. The molecule has 1 radical (unpaired) electrons. The first kappa shape index (κ1) is 29.2. The maximum Gasteiger partial charge on any atom is 3.00 e. The van der Waals surface area contributed by atoms with Crippen LogP contribution in [0.1, 0.15) is 18.9 Å². The van der Waals surface area contributed by atoms with Crippen molar-refractivity contribution in [1.82, 2.24) is 15.1 Å². The first-order valence-corrected chi connectivity index (χ1v) is 10.2. The third kappa shape index (κ3) is 6.83. The van der Waals surface area contributed by atoms with Gasteiger partial charge in [0.25, 0.3) is 0 Å². The van der Waals surface area contributed by atoms with Crippen LogP contribution in [0.3, 0.4) is 0 Å². The average Bonchev–Trinajstić information content (AvgIpc) is 3.12. The van der Waals surface area contributed by atoms with Gasteiger partial charge in [-0.2, -0.15) is 0 Å². The number of anilines is 1. The van der Waals surface area contributed by atoms with Crippen molar-refractivity contribution in [3.63, 3.8) is 0 Å². The van der Waals surface area contributed by atoms with Gasteiger partial charge in [-0.25, -0.2) is 4.79 Å². The minimum Gasteiger partial charge on any atom is -0.549 e. The minimum absolute atomic E-state index is 0. The largest absolute Gasteiger partial charge is 3.00 e. The van der Waals surface area contributed by atoms with Crippen molar-refractivity contribution in [3.05, 3.63) is 23.8 Å². The van der Waals surface area contributed by atoms with Gasteiger partial charge in [0.2, 0.25) is 0 Å². The number of hydrogen-bond acceptors (Lipinski definition) is 11. The standard InChI is InChI=1S/C15H21N3O2.C6H9NO6.Fe/c1-15-7-8-17(3)13(15)18(4)12-6-5-10(9-11(12)15)20-14(19)16-2;8-4(9)1-7(2-5(10)11)3-6(12)13;/h5-6,9,13H,7-8H2,1-4H3,(H,16,19);1-3H2,(H,8,9)(H,10,11)(H,12,13);/q;;+3/p-3/t13-,15+;;/m1../s1. The summed E-state index contributed by atoms with van der Waals surface area (Å²) in [6, 6.07) is 5.92. The Hall–Kier alpha value is -2.86. The normalized spacial score (nSPS) is 20.4. The van der Waals surface area contributed by atoms with E-state index in [4.69, 9.17) is 4.74 Å². The fraction of sp³-hybridized carbons (Fsp3) is 0.524. The molecule has 34 heavy (non-hydrogen) atoms. The number of ether oxygens (including phenoxy) is 1. The molecule has 1 aromatic carbocycles. The number of nitrogens with zero attached hydrogens (tertiary/aromatic N) is 3. The minimum atomic E-state index is -1.57. The van der Waals surface area contributed by atoms with E-state index >= 15 is 0 Å². The van der Waals surface area contributed by atoms with Crippen LogP contribution in [0.25, 0.3) is 0 Å². The van der Waals surface area contributed by atoms with Crippen molar-refractivity contribution >= 4 is 29.7 Å². The summed E-state index contributed by atoms with van der Waals surface area (Å²) in [4.78, 5) is 46.7.